The Labute approximate surface area is 86.1 Å². The Balaban J connectivity index is -0.000000155. The van der Waals surface area contributed by atoms with Crippen molar-refractivity contribution in [2.24, 2.45) is 0 Å². The van der Waals surface area contributed by atoms with Crippen molar-refractivity contribution in [2.75, 3.05) is 26.7 Å². The second-order valence-corrected chi connectivity index (χ2v) is 1.93. The van der Waals surface area contributed by atoms with E-state index in [0.717, 1.165) is 19.6 Å². The van der Waals surface area contributed by atoms with Gasteiger partial charge in [-0.3, -0.25) is 0 Å². The summed E-state index contributed by atoms with van der Waals surface area (Å²) in [5.41, 5.74) is 0. The first-order chi connectivity index (χ1) is 6.88. The van der Waals surface area contributed by atoms with Crippen LogP contribution in [0.4, 0.5) is 0 Å². The van der Waals surface area contributed by atoms with Crippen molar-refractivity contribution in [3.8, 4) is 0 Å². The van der Waals surface area contributed by atoms with Crippen LogP contribution in [0.3, 0.4) is 0 Å². The third-order valence-corrected chi connectivity index (χ3v) is 0.802. The van der Waals surface area contributed by atoms with Gasteiger partial charge in [0.25, 0.3) is 10.2 Å². The molecule has 4 N–H and O–H groups in total. The molecular formula is C5H16N4O6. The summed E-state index contributed by atoms with van der Waals surface area (Å²) in [6.45, 7) is 5.32. The van der Waals surface area contributed by atoms with Crippen molar-refractivity contribution >= 4 is 0 Å². The highest BCUT2D eigenvalue weighted by Gasteiger charge is 1.75. The Morgan fingerprint density at radius 2 is 1.47 bits per heavy atom. The molecule has 0 atom stereocenters. The molecule has 10 nitrogen and oxygen atoms in total. The average molecular weight is 228 g/mol. The summed E-state index contributed by atoms with van der Waals surface area (Å²) in [6.07, 6.45) is 0. The Bertz CT molecular complexity index is 130. The van der Waals surface area contributed by atoms with Crippen LogP contribution in [-0.4, -0.2) is 47.3 Å². The molecule has 0 unspecified atom stereocenters. The molecule has 0 saturated heterocycles. The zero-order valence-electron chi connectivity index (χ0n) is 8.54. The van der Waals surface area contributed by atoms with Crippen molar-refractivity contribution in [3.63, 3.8) is 0 Å². The lowest BCUT2D eigenvalue weighted by Gasteiger charge is -1.96. The maximum absolute atomic E-state index is 8.36. The lowest BCUT2D eigenvalue weighted by Crippen LogP contribution is -2.24. The first-order valence-corrected chi connectivity index (χ1v) is 3.90. The van der Waals surface area contributed by atoms with Crippen molar-refractivity contribution in [1.82, 2.24) is 10.6 Å². The Kier molecular flexibility index (Phi) is 23.0. The topological polar surface area (TPSA) is 151 Å². The van der Waals surface area contributed by atoms with Gasteiger partial charge in [0.15, 0.2) is 0 Å². The third-order valence-electron chi connectivity index (χ3n) is 0.802. The molecule has 15 heavy (non-hydrogen) atoms. The summed E-state index contributed by atoms with van der Waals surface area (Å²) in [5.74, 6) is 0. The number of nitrogens with zero attached hydrogens (tertiary/aromatic N) is 2. The van der Waals surface area contributed by atoms with E-state index in [0.29, 0.717) is 0 Å². The van der Waals surface area contributed by atoms with Crippen LogP contribution in [0.2, 0.25) is 0 Å². The lowest BCUT2D eigenvalue weighted by molar-refractivity contribution is -0.742. The van der Waals surface area contributed by atoms with E-state index < -0.39 is 10.2 Å². The second kappa shape index (κ2) is 18.2. The summed E-state index contributed by atoms with van der Waals surface area (Å²) >= 11 is 0. The van der Waals surface area contributed by atoms with E-state index in [2.05, 4.69) is 17.6 Å². The molecule has 0 fully saturated rings. The molecule has 0 aliphatic rings. The first-order valence-electron chi connectivity index (χ1n) is 3.90. The summed E-state index contributed by atoms with van der Waals surface area (Å²) in [7, 11) is 1.96. The molecule has 0 radical (unpaired) electrons. The highest BCUT2D eigenvalue weighted by molar-refractivity contribution is 4.42. The number of likely N-dealkylation sites (N-methyl/N-ethyl adjacent to an activating group) is 2. The average Bonchev–Trinajstić information content (AvgIpc) is 2.03. The normalized spacial score (nSPS) is 7.60. The molecule has 0 bridgehead atoms. The summed E-state index contributed by atoms with van der Waals surface area (Å²) < 4.78 is 0. The fraction of sp³-hybridized carbons (Fsp3) is 1.00. The van der Waals surface area contributed by atoms with E-state index in [1.807, 2.05) is 7.05 Å². The maximum atomic E-state index is 8.36. The third kappa shape index (κ3) is 244. The SMILES string of the molecule is CCNCCNC.O=[N+]([O-])O.O=[N+]([O-])O. The molecule has 0 rings (SSSR count). The highest BCUT2D eigenvalue weighted by atomic mass is 16.9. The molecular weight excluding hydrogens is 212 g/mol. The zero-order chi connectivity index (χ0) is 12.7. The Morgan fingerprint density at radius 1 is 1.13 bits per heavy atom. The lowest BCUT2D eigenvalue weighted by atomic mass is 10.6. The molecule has 0 saturated carbocycles. The van der Waals surface area contributed by atoms with Gasteiger partial charge in [-0.1, -0.05) is 6.92 Å². The van der Waals surface area contributed by atoms with E-state index in [-0.39, 0.29) is 0 Å². The molecule has 0 aliphatic carbocycles. The minimum atomic E-state index is -1.50. The van der Waals surface area contributed by atoms with Crippen LogP contribution in [0, 0.1) is 20.2 Å². The van der Waals surface area contributed by atoms with E-state index in [1.165, 1.54) is 0 Å². The van der Waals surface area contributed by atoms with Crippen LogP contribution in [0.5, 0.6) is 0 Å². The first kappa shape index (κ1) is 19.0. The molecule has 0 heterocycles. The van der Waals surface area contributed by atoms with Gasteiger partial charge < -0.3 is 21.0 Å². The van der Waals surface area contributed by atoms with Crippen LogP contribution in [0.25, 0.3) is 0 Å². The van der Waals surface area contributed by atoms with Gasteiger partial charge in [-0.15, -0.1) is 20.2 Å². The van der Waals surface area contributed by atoms with Crippen LogP contribution in [0.15, 0.2) is 0 Å². The van der Waals surface area contributed by atoms with E-state index >= 15 is 0 Å². The maximum Gasteiger partial charge on any atom is 0.291 e. The molecule has 10 heteroatoms. The minimum absolute atomic E-state index is 1.06. The van der Waals surface area contributed by atoms with Gasteiger partial charge in [0.2, 0.25) is 0 Å². The smallest absolute Gasteiger partial charge is 0.291 e. The summed E-state index contributed by atoms with van der Waals surface area (Å²) in [5, 5.41) is 33.5. The van der Waals surface area contributed by atoms with Crippen LogP contribution < -0.4 is 10.6 Å². The van der Waals surface area contributed by atoms with Gasteiger partial charge in [-0.25, -0.2) is 0 Å². The van der Waals surface area contributed by atoms with Crippen molar-refractivity contribution in [2.45, 2.75) is 6.92 Å². The number of hydrogen-bond donors (Lipinski definition) is 4. The van der Waals surface area contributed by atoms with Crippen LogP contribution in [-0.2, 0) is 0 Å². The largest absolute Gasteiger partial charge is 0.328 e. The van der Waals surface area contributed by atoms with Gasteiger partial charge in [-0.05, 0) is 13.6 Å². The molecule has 0 aromatic carbocycles. The van der Waals surface area contributed by atoms with Gasteiger partial charge >= 0.3 is 0 Å². The number of hydrogen-bond acceptors (Lipinski definition) is 6. The molecule has 92 valence electrons. The molecule has 0 spiro atoms. The Morgan fingerprint density at radius 3 is 1.67 bits per heavy atom. The predicted octanol–water partition coefficient (Wildman–Crippen LogP) is -0.880. The fourth-order valence-corrected chi connectivity index (χ4v) is 0.390. The number of rotatable bonds is 4. The molecule has 0 aromatic rings. The van der Waals surface area contributed by atoms with E-state index in [1.54, 1.807) is 0 Å². The zero-order valence-corrected chi connectivity index (χ0v) is 8.54. The number of nitrogens with one attached hydrogen (secondary N) is 2. The molecule has 0 aliphatic heterocycles. The minimum Gasteiger partial charge on any atom is -0.328 e. The molecule has 0 amide bonds. The predicted molar refractivity (Wildman–Crippen MR) is 50.0 cm³/mol. The quantitative estimate of drug-likeness (QED) is 0.275. The Hall–Kier alpha value is -1.68. The van der Waals surface area contributed by atoms with Gasteiger partial charge in [0.1, 0.15) is 0 Å². The van der Waals surface area contributed by atoms with Gasteiger partial charge in [0.05, 0.1) is 0 Å². The van der Waals surface area contributed by atoms with Crippen molar-refractivity contribution in [1.29, 1.82) is 0 Å². The summed E-state index contributed by atoms with van der Waals surface area (Å²) in [4.78, 5) is 16.7. The van der Waals surface area contributed by atoms with Crippen LogP contribution in [0.1, 0.15) is 6.92 Å². The molecule has 0 aromatic heterocycles. The standard InChI is InChI=1S/C5H14N2.2HNO3/c1-3-7-5-4-6-2;2*2-1(3)4/h6-7H,3-5H2,1-2H3;2*(H,2,3,4). The van der Waals surface area contributed by atoms with Gasteiger partial charge in [0, 0.05) is 13.1 Å². The van der Waals surface area contributed by atoms with Crippen molar-refractivity contribution in [3.05, 3.63) is 20.2 Å². The fourth-order valence-electron chi connectivity index (χ4n) is 0.390. The summed E-state index contributed by atoms with van der Waals surface area (Å²) in [6, 6.07) is 0. The monoisotopic (exact) mass is 228 g/mol. The van der Waals surface area contributed by atoms with Crippen LogP contribution >= 0.6 is 0 Å². The van der Waals surface area contributed by atoms with Crippen molar-refractivity contribution < 1.29 is 20.6 Å². The highest BCUT2D eigenvalue weighted by Crippen LogP contribution is 1.52. The van der Waals surface area contributed by atoms with E-state index in [9.17, 15) is 0 Å². The van der Waals surface area contributed by atoms with E-state index in [4.69, 9.17) is 30.6 Å². The van der Waals surface area contributed by atoms with Gasteiger partial charge in [-0.2, -0.15) is 0 Å². The second-order valence-electron chi connectivity index (χ2n) is 1.93.